The van der Waals surface area contributed by atoms with Gasteiger partial charge in [-0.05, 0) is 0 Å². The van der Waals surface area contributed by atoms with Gasteiger partial charge in [-0.25, -0.2) is 0 Å². The van der Waals surface area contributed by atoms with E-state index in [1.165, 1.54) is 0 Å². The van der Waals surface area contributed by atoms with E-state index in [4.69, 9.17) is 0 Å². The second kappa shape index (κ2) is 2.90. The molecule has 0 radical (unpaired) electrons. The first-order valence-corrected chi connectivity index (χ1v) is 1.84. The number of carbonyl (C=O) groups excluding carboxylic acids is 3. The molecule has 0 unspecified atom stereocenters. The van der Waals surface area contributed by atoms with E-state index >= 15 is 0 Å². The molecule has 0 fully saturated rings. The molecule has 0 aromatic carbocycles. The molecule has 0 aliphatic carbocycles. The minimum atomic E-state index is -1.53. The minimum Gasteiger partial charge on any atom is -0.550 e. The molecular formula is C4H3O4-. The van der Waals surface area contributed by atoms with E-state index in [1.807, 2.05) is 0 Å². The molecule has 8 heavy (non-hydrogen) atoms. The standard InChI is InChI=1S/C4H4O4/c5-2-3(6)1-4(7)8/h2H,1H2,(H,7,8)/p-1. The second-order valence-electron chi connectivity index (χ2n) is 1.13. The Balaban J connectivity index is 3.55. The summed E-state index contributed by atoms with van der Waals surface area (Å²) in [6.45, 7) is 0. The van der Waals surface area contributed by atoms with Gasteiger partial charge in [0.2, 0.25) is 5.78 Å². The Bertz CT molecular complexity index is 126. The maximum atomic E-state index is 9.83. The molecule has 0 aliphatic rings. The van der Waals surface area contributed by atoms with Crippen LogP contribution >= 0.6 is 0 Å². The molecule has 0 aliphatic heterocycles. The molecule has 4 nitrogen and oxygen atoms in total. The zero-order chi connectivity index (χ0) is 6.57. The number of aldehydes is 1. The quantitative estimate of drug-likeness (QED) is 0.240. The zero-order valence-corrected chi connectivity index (χ0v) is 3.92. The van der Waals surface area contributed by atoms with Crippen molar-refractivity contribution in [3.63, 3.8) is 0 Å². The molecule has 44 valence electrons. The van der Waals surface area contributed by atoms with Crippen molar-refractivity contribution >= 4 is 18.0 Å². The predicted molar refractivity (Wildman–Crippen MR) is 20.7 cm³/mol. The van der Waals surface area contributed by atoms with E-state index in [-0.39, 0.29) is 6.29 Å². The zero-order valence-electron chi connectivity index (χ0n) is 3.92. The highest BCUT2D eigenvalue weighted by atomic mass is 16.4. The highest BCUT2D eigenvalue weighted by Gasteiger charge is 1.96. The molecule has 0 aromatic heterocycles. The number of hydrogen-bond donors (Lipinski definition) is 0. The second-order valence-corrected chi connectivity index (χ2v) is 1.13. The number of Topliss-reactive ketones (excluding diaryl/α,β-unsaturated/α-hetero) is 1. The van der Waals surface area contributed by atoms with Crippen molar-refractivity contribution in [1.82, 2.24) is 0 Å². The first-order valence-electron chi connectivity index (χ1n) is 1.84. The van der Waals surface area contributed by atoms with Crippen LogP contribution in [0.3, 0.4) is 0 Å². The molecule has 0 spiro atoms. The van der Waals surface area contributed by atoms with Gasteiger partial charge in [0, 0.05) is 5.97 Å². The van der Waals surface area contributed by atoms with Gasteiger partial charge < -0.3 is 9.90 Å². The van der Waals surface area contributed by atoms with Gasteiger partial charge in [-0.3, -0.25) is 9.59 Å². The van der Waals surface area contributed by atoms with Crippen LogP contribution in [0.5, 0.6) is 0 Å². The number of ketones is 1. The van der Waals surface area contributed by atoms with Crippen LogP contribution in [0.25, 0.3) is 0 Å². The third-order valence-electron chi connectivity index (χ3n) is 0.450. The monoisotopic (exact) mass is 115 g/mol. The lowest BCUT2D eigenvalue weighted by atomic mass is 10.3. The number of rotatable bonds is 3. The molecule has 0 atom stereocenters. The summed E-state index contributed by atoms with van der Waals surface area (Å²) in [6, 6.07) is 0. The normalized spacial score (nSPS) is 8.00. The van der Waals surface area contributed by atoms with E-state index in [9.17, 15) is 19.5 Å². The summed E-state index contributed by atoms with van der Waals surface area (Å²) in [5.41, 5.74) is 0. The van der Waals surface area contributed by atoms with Crippen LogP contribution in [0.4, 0.5) is 0 Å². The Morgan fingerprint density at radius 2 is 2.00 bits per heavy atom. The molecule has 0 saturated carbocycles. The summed E-state index contributed by atoms with van der Waals surface area (Å²) in [4.78, 5) is 28.7. The SMILES string of the molecule is O=CC(=O)CC(=O)[O-]. The van der Waals surface area contributed by atoms with Crippen LogP contribution in [-0.2, 0) is 14.4 Å². The Kier molecular flexibility index (Phi) is 2.47. The first-order chi connectivity index (χ1) is 3.66. The van der Waals surface area contributed by atoms with Crippen LogP contribution in [0.1, 0.15) is 6.42 Å². The number of carboxylic acids is 1. The summed E-state index contributed by atoms with van der Waals surface area (Å²) >= 11 is 0. The fourth-order valence-electron chi connectivity index (χ4n) is 0.184. The lowest BCUT2D eigenvalue weighted by Gasteiger charge is -1.91. The van der Waals surface area contributed by atoms with E-state index in [0.29, 0.717) is 0 Å². The molecule has 0 bridgehead atoms. The smallest absolute Gasteiger partial charge is 0.200 e. The van der Waals surface area contributed by atoms with E-state index in [0.717, 1.165) is 0 Å². The van der Waals surface area contributed by atoms with Gasteiger partial charge in [0.05, 0.1) is 6.42 Å². The van der Waals surface area contributed by atoms with Gasteiger partial charge in [0.1, 0.15) is 0 Å². The highest BCUT2D eigenvalue weighted by Crippen LogP contribution is 1.72. The number of aliphatic carboxylic acids is 1. The van der Waals surface area contributed by atoms with Crippen LogP contribution in [0.2, 0.25) is 0 Å². The largest absolute Gasteiger partial charge is 0.550 e. The predicted octanol–water partition coefficient (Wildman–Crippen LogP) is -2.11. The van der Waals surface area contributed by atoms with Crippen LogP contribution in [-0.4, -0.2) is 18.0 Å². The summed E-state index contributed by atoms with van der Waals surface area (Å²) in [5.74, 6) is -2.49. The Labute approximate surface area is 45.1 Å². The van der Waals surface area contributed by atoms with Crippen molar-refractivity contribution in [3.8, 4) is 0 Å². The molecule has 0 amide bonds. The molecule has 0 N–H and O–H groups in total. The summed E-state index contributed by atoms with van der Waals surface area (Å²) < 4.78 is 0. The van der Waals surface area contributed by atoms with Crippen LogP contribution < -0.4 is 5.11 Å². The summed E-state index contributed by atoms with van der Waals surface area (Å²) in [6.07, 6.45) is -0.862. The van der Waals surface area contributed by atoms with E-state index < -0.39 is 18.2 Å². The van der Waals surface area contributed by atoms with Gasteiger partial charge in [-0.15, -0.1) is 0 Å². The van der Waals surface area contributed by atoms with Crippen molar-refractivity contribution in [2.24, 2.45) is 0 Å². The first kappa shape index (κ1) is 6.81. The van der Waals surface area contributed by atoms with Gasteiger partial charge in [0.25, 0.3) is 0 Å². The van der Waals surface area contributed by atoms with Crippen molar-refractivity contribution in [2.45, 2.75) is 6.42 Å². The summed E-state index contributed by atoms with van der Waals surface area (Å²) in [7, 11) is 0. The van der Waals surface area contributed by atoms with Gasteiger partial charge in [-0.1, -0.05) is 0 Å². The summed E-state index contributed by atoms with van der Waals surface area (Å²) in [5, 5.41) is 9.48. The third-order valence-corrected chi connectivity index (χ3v) is 0.450. The fourth-order valence-corrected chi connectivity index (χ4v) is 0.184. The topological polar surface area (TPSA) is 74.3 Å². The van der Waals surface area contributed by atoms with E-state index in [1.54, 1.807) is 0 Å². The Morgan fingerprint density at radius 1 is 1.50 bits per heavy atom. The number of carbonyl (C=O) groups is 3. The van der Waals surface area contributed by atoms with Crippen molar-refractivity contribution < 1.29 is 19.5 Å². The van der Waals surface area contributed by atoms with E-state index in [2.05, 4.69) is 0 Å². The minimum absolute atomic E-state index is 0.0458. The molecule has 0 saturated heterocycles. The average Bonchev–Trinajstić information content (AvgIpc) is 1.65. The molecule has 0 aromatic rings. The molecule has 0 heterocycles. The number of hydrogen-bond acceptors (Lipinski definition) is 4. The molecular weight excluding hydrogens is 112 g/mol. The maximum Gasteiger partial charge on any atom is 0.200 e. The Hall–Kier alpha value is -1.19. The lowest BCUT2D eigenvalue weighted by molar-refractivity contribution is -0.304. The Morgan fingerprint density at radius 3 is 2.12 bits per heavy atom. The third kappa shape index (κ3) is 3.02. The number of carboxylic acid groups (broad SMARTS) is 1. The average molecular weight is 115 g/mol. The van der Waals surface area contributed by atoms with Gasteiger partial charge >= 0.3 is 0 Å². The van der Waals surface area contributed by atoms with Crippen molar-refractivity contribution in [3.05, 3.63) is 0 Å². The van der Waals surface area contributed by atoms with Gasteiger partial charge in [-0.2, -0.15) is 0 Å². The molecule has 0 rings (SSSR count). The fraction of sp³-hybridized carbons (Fsp3) is 0.250. The van der Waals surface area contributed by atoms with Crippen LogP contribution in [0, 0.1) is 0 Å². The maximum absolute atomic E-state index is 9.83. The van der Waals surface area contributed by atoms with Crippen molar-refractivity contribution in [2.75, 3.05) is 0 Å². The molecule has 4 heteroatoms. The van der Waals surface area contributed by atoms with Crippen molar-refractivity contribution in [1.29, 1.82) is 0 Å². The lowest BCUT2D eigenvalue weighted by Crippen LogP contribution is -2.25. The van der Waals surface area contributed by atoms with Gasteiger partial charge in [0.15, 0.2) is 6.29 Å². The van der Waals surface area contributed by atoms with Crippen LogP contribution in [0.15, 0.2) is 0 Å². The highest BCUT2D eigenvalue weighted by molar-refractivity contribution is 6.28.